The number of ether oxygens (including phenoxy) is 1. The fourth-order valence-corrected chi connectivity index (χ4v) is 3.50. The maximum absolute atomic E-state index is 12.8. The summed E-state index contributed by atoms with van der Waals surface area (Å²) in [6, 6.07) is 8.23. The monoisotopic (exact) mass is 316 g/mol. The lowest BCUT2D eigenvalue weighted by Crippen LogP contribution is -2.51. The summed E-state index contributed by atoms with van der Waals surface area (Å²) in [6.07, 6.45) is 3.32. The molecule has 1 fully saturated rings. The Kier molecular flexibility index (Phi) is 4.55. The zero-order valence-electron chi connectivity index (χ0n) is 14.0. The molecule has 0 unspecified atom stereocenters. The van der Waals surface area contributed by atoms with Crippen molar-refractivity contribution in [1.29, 1.82) is 0 Å². The number of nitrogens with zero attached hydrogens (tertiary/aromatic N) is 2. The number of likely N-dealkylation sites (tertiary alicyclic amines) is 1. The van der Waals surface area contributed by atoms with Crippen LogP contribution in [0.5, 0.6) is 5.75 Å². The summed E-state index contributed by atoms with van der Waals surface area (Å²) in [4.78, 5) is 20.3. The highest BCUT2D eigenvalue weighted by Crippen LogP contribution is 2.27. The first-order chi connectivity index (χ1) is 11.1. The SMILES string of the molecule is COc1cccc(C2=NO[C@H](C(=O)N3[C@H](C)CCC[C@@H]3C)C2)c1. The normalized spacial score (nSPS) is 27.3. The van der Waals surface area contributed by atoms with Crippen LogP contribution >= 0.6 is 0 Å². The van der Waals surface area contributed by atoms with E-state index in [0.717, 1.165) is 29.9 Å². The summed E-state index contributed by atoms with van der Waals surface area (Å²) in [5.41, 5.74) is 1.75. The average molecular weight is 316 g/mol. The van der Waals surface area contributed by atoms with Crippen LogP contribution in [0.4, 0.5) is 0 Å². The molecule has 3 rings (SSSR count). The van der Waals surface area contributed by atoms with Gasteiger partial charge in [0.25, 0.3) is 5.91 Å². The molecule has 0 bridgehead atoms. The number of amides is 1. The van der Waals surface area contributed by atoms with E-state index < -0.39 is 6.10 Å². The van der Waals surface area contributed by atoms with Crippen molar-refractivity contribution < 1.29 is 14.4 Å². The van der Waals surface area contributed by atoms with E-state index in [-0.39, 0.29) is 18.0 Å². The second-order valence-corrected chi connectivity index (χ2v) is 6.44. The Labute approximate surface area is 137 Å². The minimum absolute atomic E-state index is 0.0614. The molecule has 0 spiro atoms. The van der Waals surface area contributed by atoms with Crippen LogP contribution in [0.15, 0.2) is 29.4 Å². The first kappa shape index (κ1) is 15.8. The van der Waals surface area contributed by atoms with Crippen molar-refractivity contribution in [2.24, 2.45) is 5.16 Å². The van der Waals surface area contributed by atoms with Crippen molar-refractivity contribution in [1.82, 2.24) is 4.90 Å². The molecule has 0 radical (unpaired) electrons. The molecule has 1 saturated heterocycles. The van der Waals surface area contributed by atoms with Gasteiger partial charge in [-0.05, 0) is 45.2 Å². The van der Waals surface area contributed by atoms with Crippen LogP contribution in [-0.2, 0) is 9.63 Å². The third-order valence-corrected chi connectivity index (χ3v) is 4.80. The van der Waals surface area contributed by atoms with Crippen LogP contribution in [0.1, 0.15) is 45.1 Å². The Balaban J connectivity index is 1.69. The molecule has 3 atom stereocenters. The van der Waals surface area contributed by atoms with Gasteiger partial charge in [0, 0.05) is 24.1 Å². The summed E-state index contributed by atoms with van der Waals surface area (Å²) in [5.74, 6) is 0.838. The van der Waals surface area contributed by atoms with E-state index in [1.807, 2.05) is 29.2 Å². The van der Waals surface area contributed by atoms with Gasteiger partial charge >= 0.3 is 0 Å². The standard InChI is InChI=1S/C18H24N2O3/c1-12-6-4-7-13(2)20(12)18(21)17-11-16(19-23-17)14-8-5-9-15(10-14)22-3/h5,8-10,12-13,17H,4,6-7,11H2,1-3H3/t12-,13+,17-/m0/s1. The lowest BCUT2D eigenvalue weighted by Gasteiger charge is -2.39. The van der Waals surface area contributed by atoms with E-state index in [4.69, 9.17) is 9.57 Å². The molecule has 23 heavy (non-hydrogen) atoms. The van der Waals surface area contributed by atoms with Crippen LogP contribution in [0.2, 0.25) is 0 Å². The van der Waals surface area contributed by atoms with Crippen molar-refractivity contribution in [3.63, 3.8) is 0 Å². The molecule has 1 amide bonds. The van der Waals surface area contributed by atoms with Crippen molar-refractivity contribution >= 4 is 11.6 Å². The number of hydrogen-bond acceptors (Lipinski definition) is 4. The molecule has 5 heteroatoms. The van der Waals surface area contributed by atoms with Gasteiger partial charge in [0.15, 0.2) is 0 Å². The van der Waals surface area contributed by atoms with E-state index in [9.17, 15) is 4.79 Å². The number of piperidine rings is 1. The van der Waals surface area contributed by atoms with Crippen LogP contribution < -0.4 is 4.74 Å². The average Bonchev–Trinajstić information content (AvgIpc) is 3.04. The maximum atomic E-state index is 12.8. The lowest BCUT2D eigenvalue weighted by molar-refractivity contribution is -0.148. The van der Waals surface area contributed by atoms with Gasteiger partial charge in [-0.3, -0.25) is 4.79 Å². The molecule has 2 aliphatic heterocycles. The molecule has 1 aromatic carbocycles. The highest BCUT2D eigenvalue weighted by Gasteiger charge is 2.37. The highest BCUT2D eigenvalue weighted by molar-refractivity contribution is 6.04. The lowest BCUT2D eigenvalue weighted by atomic mass is 9.96. The zero-order valence-corrected chi connectivity index (χ0v) is 14.0. The summed E-state index contributed by atoms with van der Waals surface area (Å²) >= 11 is 0. The Morgan fingerprint density at radius 3 is 2.74 bits per heavy atom. The summed E-state index contributed by atoms with van der Waals surface area (Å²) < 4.78 is 5.24. The molecule has 5 nitrogen and oxygen atoms in total. The first-order valence-electron chi connectivity index (χ1n) is 8.29. The Morgan fingerprint density at radius 2 is 2.04 bits per heavy atom. The third-order valence-electron chi connectivity index (χ3n) is 4.80. The van der Waals surface area contributed by atoms with Crippen molar-refractivity contribution in [3.05, 3.63) is 29.8 Å². The summed E-state index contributed by atoms with van der Waals surface area (Å²) in [7, 11) is 1.64. The second kappa shape index (κ2) is 6.60. The molecule has 1 aromatic rings. The number of carbonyl (C=O) groups excluding carboxylic acids is 1. The number of rotatable bonds is 3. The predicted molar refractivity (Wildman–Crippen MR) is 88.6 cm³/mol. The van der Waals surface area contributed by atoms with E-state index in [0.29, 0.717) is 6.42 Å². The van der Waals surface area contributed by atoms with Gasteiger partial charge in [-0.2, -0.15) is 0 Å². The van der Waals surface area contributed by atoms with Crippen LogP contribution in [0.25, 0.3) is 0 Å². The maximum Gasteiger partial charge on any atom is 0.267 e. The van der Waals surface area contributed by atoms with E-state index in [1.54, 1.807) is 7.11 Å². The van der Waals surface area contributed by atoms with Gasteiger partial charge in [-0.15, -0.1) is 0 Å². The number of carbonyl (C=O) groups is 1. The van der Waals surface area contributed by atoms with Gasteiger partial charge in [0.05, 0.1) is 12.8 Å². The minimum Gasteiger partial charge on any atom is -0.497 e. The predicted octanol–water partition coefficient (Wildman–Crippen LogP) is 2.98. The molecular weight excluding hydrogens is 292 g/mol. The Hall–Kier alpha value is -2.04. The fourth-order valence-electron chi connectivity index (χ4n) is 3.50. The highest BCUT2D eigenvalue weighted by atomic mass is 16.6. The number of benzene rings is 1. The van der Waals surface area contributed by atoms with Gasteiger partial charge in [-0.25, -0.2) is 0 Å². The van der Waals surface area contributed by atoms with Crippen molar-refractivity contribution in [2.75, 3.05) is 7.11 Å². The van der Waals surface area contributed by atoms with Crippen molar-refractivity contribution in [2.45, 2.75) is 57.7 Å². The van der Waals surface area contributed by atoms with Crippen LogP contribution in [0.3, 0.4) is 0 Å². The van der Waals surface area contributed by atoms with Gasteiger partial charge in [0.1, 0.15) is 5.75 Å². The minimum atomic E-state index is -0.501. The molecule has 0 N–H and O–H groups in total. The molecule has 124 valence electrons. The van der Waals surface area contributed by atoms with E-state index in [2.05, 4.69) is 19.0 Å². The van der Waals surface area contributed by atoms with Gasteiger partial charge < -0.3 is 14.5 Å². The Morgan fingerprint density at radius 1 is 1.30 bits per heavy atom. The van der Waals surface area contributed by atoms with Gasteiger partial charge in [-0.1, -0.05) is 17.3 Å². The largest absolute Gasteiger partial charge is 0.497 e. The van der Waals surface area contributed by atoms with Crippen LogP contribution in [-0.4, -0.2) is 41.8 Å². The summed E-state index contributed by atoms with van der Waals surface area (Å²) in [5, 5.41) is 4.14. The van der Waals surface area contributed by atoms with Crippen LogP contribution in [0, 0.1) is 0 Å². The first-order valence-corrected chi connectivity index (χ1v) is 8.29. The van der Waals surface area contributed by atoms with E-state index in [1.165, 1.54) is 6.42 Å². The fraction of sp³-hybridized carbons (Fsp3) is 0.556. The molecule has 0 aliphatic carbocycles. The zero-order chi connectivity index (χ0) is 16.4. The van der Waals surface area contributed by atoms with Gasteiger partial charge in [0.2, 0.25) is 6.10 Å². The Bertz CT molecular complexity index is 604. The van der Waals surface area contributed by atoms with Crippen molar-refractivity contribution in [3.8, 4) is 5.75 Å². The number of oxime groups is 1. The smallest absolute Gasteiger partial charge is 0.267 e. The third kappa shape index (κ3) is 3.19. The number of hydrogen-bond donors (Lipinski definition) is 0. The topological polar surface area (TPSA) is 51.1 Å². The molecule has 2 aliphatic rings. The quantitative estimate of drug-likeness (QED) is 0.861. The second-order valence-electron chi connectivity index (χ2n) is 6.44. The van der Waals surface area contributed by atoms with E-state index >= 15 is 0 Å². The molecule has 0 saturated carbocycles. The molecule has 0 aromatic heterocycles. The molecule has 2 heterocycles. The number of methoxy groups -OCH3 is 1. The summed E-state index contributed by atoms with van der Waals surface area (Å²) in [6.45, 7) is 4.23. The molecular formula is C18H24N2O3.